The van der Waals surface area contributed by atoms with Gasteiger partial charge in [0.15, 0.2) is 6.61 Å². The number of ether oxygens (including phenoxy) is 1. The van der Waals surface area contributed by atoms with Crippen molar-refractivity contribution < 1.29 is 14.3 Å². The van der Waals surface area contributed by atoms with Crippen LogP contribution in [0.3, 0.4) is 0 Å². The molecule has 1 aliphatic heterocycles. The Morgan fingerprint density at radius 2 is 2.21 bits per heavy atom. The zero-order valence-corrected chi connectivity index (χ0v) is 10.5. The van der Waals surface area contributed by atoms with E-state index in [1.807, 2.05) is 12.1 Å². The molecule has 6 nitrogen and oxygen atoms in total. The van der Waals surface area contributed by atoms with Gasteiger partial charge in [-0.1, -0.05) is 12.1 Å². The molecule has 0 aliphatic carbocycles. The minimum atomic E-state index is -0.517. The minimum absolute atomic E-state index is 0.0576. The largest absolute Gasteiger partial charge is 0.484 e. The average Bonchev–Trinajstić information content (AvgIpc) is 2.32. The van der Waals surface area contributed by atoms with E-state index in [1.165, 1.54) is 0 Å². The molecule has 19 heavy (non-hydrogen) atoms. The van der Waals surface area contributed by atoms with Crippen molar-refractivity contribution >= 4 is 11.8 Å². The third-order valence-electron chi connectivity index (χ3n) is 2.90. The summed E-state index contributed by atoms with van der Waals surface area (Å²) in [5.41, 5.74) is 5.92. The number of hydrogen-bond donors (Lipinski definition) is 3. The van der Waals surface area contributed by atoms with Crippen LogP contribution in [0.15, 0.2) is 24.3 Å². The molecule has 102 valence electrons. The molecule has 1 aliphatic rings. The first-order valence-electron chi connectivity index (χ1n) is 6.13. The first-order chi connectivity index (χ1) is 9.15. The van der Waals surface area contributed by atoms with Gasteiger partial charge in [0.05, 0.1) is 5.92 Å². The lowest BCUT2D eigenvalue weighted by Gasteiger charge is -2.25. The Kier molecular flexibility index (Phi) is 4.35. The zero-order valence-electron chi connectivity index (χ0n) is 10.5. The highest BCUT2D eigenvalue weighted by Crippen LogP contribution is 2.13. The summed E-state index contributed by atoms with van der Waals surface area (Å²) in [5.74, 6) is 0.184. The minimum Gasteiger partial charge on any atom is -0.484 e. The summed E-state index contributed by atoms with van der Waals surface area (Å²) in [5, 5.41) is 5.92. The van der Waals surface area contributed by atoms with Crippen LogP contribution in [0.5, 0.6) is 5.75 Å². The SMILES string of the molecule is NC(=O)COc1cccc(CNC(=O)C2CNC2)c1. The van der Waals surface area contributed by atoms with E-state index in [0.717, 1.165) is 18.7 Å². The standard InChI is InChI=1S/C13H17N3O3/c14-12(17)8-19-11-3-1-2-9(4-11)5-16-13(18)10-6-15-7-10/h1-4,10,15H,5-8H2,(H2,14,17)(H,16,18). The molecule has 0 radical (unpaired) electrons. The van der Waals surface area contributed by atoms with E-state index in [4.69, 9.17) is 10.5 Å². The molecule has 2 amide bonds. The Bertz CT molecular complexity index is 472. The third kappa shape index (κ3) is 3.96. The lowest BCUT2D eigenvalue weighted by atomic mass is 10.0. The molecule has 6 heteroatoms. The Labute approximate surface area is 111 Å². The van der Waals surface area contributed by atoms with Gasteiger partial charge in [-0.2, -0.15) is 0 Å². The van der Waals surface area contributed by atoms with Gasteiger partial charge in [-0.05, 0) is 17.7 Å². The molecule has 0 saturated carbocycles. The lowest BCUT2D eigenvalue weighted by molar-refractivity contribution is -0.126. The Hall–Kier alpha value is -2.08. The van der Waals surface area contributed by atoms with Gasteiger partial charge in [0.2, 0.25) is 5.91 Å². The van der Waals surface area contributed by atoms with Crippen LogP contribution < -0.4 is 21.1 Å². The summed E-state index contributed by atoms with van der Waals surface area (Å²) < 4.78 is 5.20. The normalized spacial score (nSPS) is 14.5. The number of benzene rings is 1. The van der Waals surface area contributed by atoms with E-state index in [1.54, 1.807) is 12.1 Å². The van der Waals surface area contributed by atoms with Crippen molar-refractivity contribution in [1.82, 2.24) is 10.6 Å². The second kappa shape index (κ2) is 6.19. The van der Waals surface area contributed by atoms with Crippen LogP contribution >= 0.6 is 0 Å². The number of rotatable bonds is 6. The molecule has 0 atom stereocenters. The molecule has 2 rings (SSSR count). The zero-order chi connectivity index (χ0) is 13.7. The first-order valence-corrected chi connectivity index (χ1v) is 6.13. The van der Waals surface area contributed by atoms with Gasteiger partial charge >= 0.3 is 0 Å². The van der Waals surface area contributed by atoms with E-state index in [2.05, 4.69) is 10.6 Å². The first kappa shape index (κ1) is 13.4. The highest BCUT2D eigenvalue weighted by molar-refractivity contribution is 5.80. The summed E-state index contributed by atoms with van der Waals surface area (Å²) in [4.78, 5) is 22.3. The van der Waals surface area contributed by atoms with Gasteiger partial charge in [-0.3, -0.25) is 9.59 Å². The van der Waals surface area contributed by atoms with Gasteiger partial charge in [-0.15, -0.1) is 0 Å². The van der Waals surface area contributed by atoms with Crippen molar-refractivity contribution in [3.63, 3.8) is 0 Å². The van der Waals surface area contributed by atoms with Crippen molar-refractivity contribution in [3.05, 3.63) is 29.8 Å². The van der Waals surface area contributed by atoms with Gasteiger partial charge in [0.25, 0.3) is 5.91 Å². The number of carbonyl (C=O) groups is 2. The molecule has 1 aromatic carbocycles. The van der Waals surface area contributed by atoms with Gasteiger partial charge < -0.3 is 21.1 Å². The van der Waals surface area contributed by atoms with Crippen molar-refractivity contribution in [2.45, 2.75) is 6.54 Å². The van der Waals surface area contributed by atoms with E-state index >= 15 is 0 Å². The topological polar surface area (TPSA) is 93.5 Å². The summed E-state index contributed by atoms with van der Waals surface area (Å²) in [6.45, 7) is 1.79. The van der Waals surface area contributed by atoms with Crippen LogP contribution in [0.25, 0.3) is 0 Å². The fourth-order valence-corrected chi connectivity index (χ4v) is 1.71. The molecule has 0 unspecified atom stereocenters. The molecule has 1 aromatic rings. The predicted molar refractivity (Wildman–Crippen MR) is 69.3 cm³/mol. The number of nitrogens with one attached hydrogen (secondary N) is 2. The number of amides is 2. The lowest BCUT2D eigenvalue weighted by Crippen LogP contribution is -2.50. The van der Waals surface area contributed by atoms with Crippen molar-refractivity contribution in [1.29, 1.82) is 0 Å². The van der Waals surface area contributed by atoms with Crippen LogP contribution in [0.2, 0.25) is 0 Å². The molecule has 4 N–H and O–H groups in total. The van der Waals surface area contributed by atoms with Crippen LogP contribution in [0.1, 0.15) is 5.56 Å². The van der Waals surface area contributed by atoms with Crippen molar-refractivity contribution in [2.75, 3.05) is 19.7 Å². The number of carbonyl (C=O) groups excluding carboxylic acids is 2. The molecule has 0 aromatic heterocycles. The highest BCUT2D eigenvalue weighted by atomic mass is 16.5. The number of primary amides is 1. The molecular formula is C13H17N3O3. The molecule has 0 spiro atoms. The van der Waals surface area contributed by atoms with Crippen LogP contribution in [-0.4, -0.2) is 31.5 Å². The van der Waals surface area contributed by atoms with Crippen molar-refractivity contribution in [2.24, 2.45) is 11.7 Å². The fraction of sp³-hybridized carbons (Fsp3) is 0.385. The second-order valence-corrected chi connectivity index (χ2v) is 4.48. The number of hydrogen-bond acceptors (Lipinski definition) is 4. The van der Waals surface area contributed by atoms with E-state index in [-0.39, 0.29) is 18.4 Å². The summed E-state index contributed by atoms with van der Waals surface area (Å²) in [6.07, 6.45) is 0. The summed E-state index contributed by atoms with van der Waals surface area (Å²) in [7, 11) is 0. The van der Waals surface area contributed by atoms with Crippen LogP contribution in [0.4, 0.5) is 0 Å². The quantitative estimate of drug-likeness (QED) is 0.638. The maximum atomic E-state index is 11.7. The summed E-state index contributed by atoms with van der Waals surface area (Å²) >= 11 is 0. The Morgan fingerprint density at radius 1 is 1.42 bits per heavy atom. The van der Waals surface area contributed by atoms with Gasteiger partial charge in [0.1, 0.15) is 5.75 Å². The van der Waals surface area contributed by atoms with Crippen LogP contribution in [0, 0.1) is 5.92 Å². The van der Waals surface area contributed by atoms with Crippen LogP contribution in [-0.2, 0) is 16.1 Å². The van der Waals surface area contributed by atoms with E-state index in [9.17, 15) is 9.59 Å². The Balaban J connectivity index is 1.84. The molecule has 1 saturated heterocycles. The molecule has 0 bridgehead atoms. The molecular weight excluding hydrogens is 246 g/mol. The van der Waals surface area contributed by atoms with E-state index < -0.39 is 5.91 Å². The summed E-state index contributed by atoms with van der Waals surface area (Å²) in [6, 6.07) is 7.21. The van der Waals surface area contributed by atoms with Gasteiger partial charge in [0, 0.05) is 19.6 Å². The Morgan fingerprint density at radius 3 is 2.84 bits per heavy atom. The monoisotopic (exact) mass is 263 g/mol. The third-order valence-corrected chi connectivity index (χ3v) is 2.90. The smallest absolute Gasteiger partial charge is 0.255 e. The maximum absolute atomic E-state index is 11.7. The fourth-order valence-electron chi connectivity index (χ4n) is 1.71. The molecule has 1 fully saturated rings. The van der Waals surface area contributed by atoms with E-state index in [0.29, 0.717) is 12.3 Å². The maximum Gasteiger partial charge on any atom is 0.255 e. The van der Waals surface area contributed by atoms with Crippen molar-refractivity contribution in [3.8, 4) is 5.75 Å². The molecule has 1 heterocycles. The average molecular weight is 263 g/mol. The number of nitrogens with two attached hydrogens (primary N) is 1. The second-order valence-electron chi connectivity index (χ2n) is 4.48. The predicted octanol–water partition coefficient (Wildman–Crippen LogP) is -0.614. The van der Waals surface area contributed by atoms with Gasteiger partial charge in [-0.25, -0.2) is 0 Å². The highest BCUT2D eigenvalue weighted by Gasteiger charge is 2.24.